The predicted octanol–water partition coefficient (Wildman–Crippen LogP) is 4.44. The summed E-state index contributed by atoms with van der Waals surface area (Å²) in [6.07, 6.45) is 0. The molecule has 0 saturated heterocycles. The largest absolute Gasteiger partial charge is 0.310 e. The summed E-state index contributed by atoms with van der Waals surface area (Å²) in [5.74, 6) is -0.521. The molecule has 0 aliphatic heterocycles. The second kappa shape index (κ2) is 6.14. The zero-order chi connectivity index (χ0) is 14.7. The summed E-state index contributed by atoms with van der Waals surface area (Å²) in [5, 5.41) is 3.19. The third-order valence-electron chi connectivity index (χ3n) is 3.26. The molecule has 0 aliphatic carbocycles. The Balaban J connectivity index is 2.37. The first-order valence-corrected chi connectivity index (χ1v) is 6.75. The van der Waals surface area contributed by atoms with Crippen LogP contribution in [0.15, 0.2) is 36.4 Å². The highest BCUT2D eigenvalue weighted by atomic mass is 19.1. The number of nitrogens with one attached hydrogen (secondary N) is 1. The van der Waals surface area contributed by atoms with E-state index in [1.807, 2.05) is 20.8 Å². The Morgan fingerprint density at radius 2 is 1.80 bits per heavy atom. The van der Waals surface area contributed by atoms with Crippen molar-refractivity contribution >= 4 is 0 Å². The Kier molecular flexibility index (Phi) is 4.50. The molecule has 0 atom stereocenters. The molecular formula is C17H19F2N. The number of hydrogen-bond acceptors (Lipinski definition) is 1. The molecule has 1 nitrogen and oxygen atoms in total. The Hall–Kier alpha value is -1.74. The van der Waals surface area contributed by atoms with Gasteiger partial charge >= 0.3 is 0 Å². The molecule has 0 heterocycles. The van der Waals surface area contributed by atoms with Crippen molar-refractivity contribution in [3.8, 4) is 11.1 Å². The number of aryl methyl sites for hydroxylation is 1. The van der Waals surface area contributed by atoms with Gasteiger partial charge < -0.3 is 5.32 Å². The Labute approximate surface area is 118 Å². The Morgan fingerprint density at radius 3 is 2.50 bits per heavy atom. The zero-order valence-corrected chi connectivity index (χ0v) is 12.0. The van der Waals surface area contributed by atoms with Crippen molar-refractivity contribution in [3.05, 3.63) is 59.2 Å². The molecule has 20 heavy (non-hydrogen) atoms. The van der Waals surface area contributed by atoms with Crippen LogP contribution in [0.25, 0.3) is 11.1 Å². The van der Waals surface area contributed by atoms with Crippen molar-refractivity contribution in [1.82, 2.24) is 5.32 Å². The fraction of sp³-hybridized carbons (Fsp3) is 0.294. The van der Waals surface area contributed by atoms with Crippen LogP contribution in [0, 0.1) is 18.6 Å². The van der Waals surface area contributed by atoms with E-state index < -0.39 is 0 Å². The lowest BCUT2D eigenvalue weighted by Crippen LogP contribution is -2.22. The molecule has 0 amide bonds. The van der Waals surface area contributed by atoms with Gasteiger partial charge in [0.1, 0.15) is 11.6 Å². The second-order valence-corrected chi connectivity index (χ2v) is 5.30. The monoisotopic (exact) mass is 275 g/mol. The summed E-state index contributed by atoms with van der Waals surface area (Å²) < 4.78 is 27.2. The smallest absolute Gasteiger partial charge is 0.127 e. The molecule has 3 heteroatoms. The van der Waals surface area contributed by atoms with E-state index in [1.54, 1.807) is 18.2 Å². The van der Waals surface area contributed by atoms with E-state index in [2.05, 4.69) is 5.32 Å². The molecular weight excluding hydrogens is 256 g/mol. The van der Waals surface area contributed by atoms with E-state index in [0.29, 0.717) is 12.1 Å². The van der Waals surface area contributed by atoms with Crippen LogP contribution in [0.2, 0.25) is 0 Å². The van der Waals surface area contributed by atoms with E-state index >= 15 is 0 Å². The first-order valence-electron chi connectivity index (χ1n) is 6.75. The summed E-state index contributed by atoms with van der Waals surface area (Å²) in [7, 11) is 0. The molecule has 0 unspecified atom stereocenters. The van der Waals surface area contributed by atoms with Crippen LogP contribution in [0.4, 0.5) is 8.78 Å². The van der Waals surface area contributed by atoms with Gasteiger partial charge in [0.15, 0.2) is 0 Å². The SMILES string of the molecule is Cc1ccc(F)cc1-c1ccc(F)c(CNC(C)C)c1. The van der Waals surface area contributed by atoms with Crippen molar-refractivity contribution in [3.63, 3.8) is 0 Å². The zero-order valence-electron chi connectivity index (χ0n) is 12.0. The normalized spacial score (nSPS) is 11.1. The van der Waals surface area contributed by atoms with Gasteiger partial charge in [0.25, 0.3) is 0 Å². The fourth-order valence-electron chi connectivity index (χ4n) is 2.10. The molecule has 0 aromatic heterocycles. The van der Waals surface area contributed by atoms with Gasteiger partial charge in [-0.05, 0) is 47.9 Å². The van der Waals surface area contributed by atoms with Crippen LogP contribution in [0.3, 0.4) is 0 Å². The lowest BCUT2D eigenvalue weighted by atomic mass is 9.98. The molecule has 0 saturated carbocycles. The molecule has 2 aromatic carbocycles. The number of rotatable bonds is 4. The molecule has 2 rings (SSSR count). The average Bonchev–Trinajstić information content (AvgIpc) is 2.40. The fourth-order valence-corrected chi connectivity index (χ4v) is 2.10. The molecule has 0 bridgehead atoms. The molecule has 0 aliphatic rings. The molecule has 0 spiro atoms. The Bertz CT molecular complexity index is 606. The van der Waals surface area contributed by atoms with Gasteiger partial charge in [-0.1, -0.05) is 26.0 Å². The van der Waals surface area contributed by atoms with Crippen LogP contribution in [0.1, 0.15) is 25.0 Å². The maximum Gasteiger partial charge on any atom is 0.127 e. The standard InChI is InChI=1S/C17H19F2N/c1-11(2)20-10-14-8-13(5-7-17(14)19)16-9-15(18)6-4-12(16)3/h4-9,11,20H,10H2,1-3H3. The third-order valence-corrected chi connectivity index (χ3v) is 3.26. The lowest BCUT2D eigenvalue weighted by molar-refractivity contribution is 0.553. The van der Waals surface area contributed by atoms with Gasteiger partial charge in [0, 0.05) is 18.2 Å². The summed E-state index contributed by atoms with van der Waals surface area (Å²) >= 11 is 0. The number of benzene rings is 2. The highest BCUT2D eigenvalue weighted by Crippen LogP contribution is 2.26. The quantitative estimate of drug-likeness (QED) is 0.870. The van der Waals surface area contributed by atoms with E-state index in [0.717, 1.165) is 16.7 Å². The number of hydrogen-bond donors (Lipinski definition) is 1. The van der Waals surface area contributed by atoms with Crippen molar-refractivity contribution in [1.29, 1.82) is 0 Å². The van der Waals surface area contributed by atoms with Crippen LogP contribution < -0.4 is 5.32 Å². The van der Waals surface area contributed by atoms with Crippen LogP contribution in [-0.2, 0) is 6.54 Å². The van der Waals surface area contributed by atoms with Gasteiger partial charge in [0.2, 0.25) is 0 Å². The molecule has 0 fully saturated rings. The lowest BCUT2D eigenvalue weighted by Gasteiger charge is -2.12. The molecule has 1 N–H and O–H groups in total. The molecule has 2 aromatic rings. The van der Waals surface area contributed by atoms with Crippen LogP contribution >= 0.6 is 0 Å². The highest BCUT2D eigenvalue weighted by Gasteiger charge is 2.08. The van der Waals surface area contributed by atoms with Crippen LogP contribution in [-0.4, -0.2) is 6.04 Å². The van der Waals surface area contributed by atoms with Crippen molar-refractivity contribution in [2.75, 3.05) is 0 Å². The maximum absolute atomic E-state index is 13.8. The maximum atomic E-state index is 13.8. The van der Waals surface area contributed by atoms with Crippen LogP contribution in [0.5, 0.6) is 0 Å². The molecule has 106 valence electrons. The van der Waals surface area contributed by atoms with E-state index in [-0.39, 0.29) is 17.7 Å². The highest BCUT2D eigenvalue weighted by molar-refractivity contribution is 5.67. The van der Waals surface area contributed by atoms with E-state index in [1.165, 1.54) is 18.2 Å². The first kappa shape index (κ1) is 14.7. The van der Waals surface area contributed by atoms with Gasteiger partial charge in [-0.15, -0.1) is 0 Å². The number of halogens is 2. The average molecular weight is 275 g/mol. The van der Waals surface area contributed by atoms with Gasteiger partial charge in [-0.2, -0.15) is 0 Å². The minimum atomic E-state index is -0.281. The van der Waals surface area contributed by atoms with Crippen molar-refractivity contribution in [2.45, 2.75) is 33.4 Å². The summed E-state index contributed by atoms with van der Waals surface area (Å²) in [6, 6.07) is 9.86. The second-order valence-electron chi connectivity index (χ2n) is 5.30. The summed E-state index contributed by atoms with van der Waals surface area (Å²) in [5.41, 5.74) is 3.21. The van der Waals surface area contributed by atoms with Gasteiger partial charge in [-0.3, -0.25) is 0 Å². The van der Waals surface area contributed by atoms with E-state index in [9.17, 15) is 8.78 Å². The summed E-state index contributed by atoms with van der Waals surface area (Å²) in [6.45, 7) is 6.41. The Morgan fingerprint density at radius 1 is 1.05 bits per heavy atom. The van der Waals surface area contributed by atoms with Crippen molar-refractivity contribution < 1.29 is 8.78 Å². The topological polar surface area (TPSA) is 12.0 Å². The van der Waals surface area contributed by atoms with Gasteiger partial charge in [-0.25, -0.2) is 8.78 Å². The third kappa shape index (κ3) is 3.42. The summed E-state index contributed by atoms with van der Waals surface area (Å²) in [4.78, 5) is 0. The minimum Gasteiger partial charge on any atom is -0.310 e. The van der Waals surface area contributed by atoms with Crippen molar-refractivity contribution in [2.24, 2.45) is 0 Å². The molecule has 0 radical (unpaired) electrons. The first-order chi connectivity index (χ1) is 9.47. The van der Waals surface area contributed by atoms with Gasteiger partial charge in [0.05, 0.1) is 0 Å². The predicted molar refractivity (Wildman–Crippen MR) is 78.5 cm³/mol. The minimum absolute atomic E-state index is 0.240. The van der Waals surface area contributed by atoms with E-state index in [4.69, 9.17) is 0 Å².